The summed E-state index contributed by atoms with van der Waals surface area (Å²) >= 11 is 5.85. The molecule has 2 rings (SSSR count). The van der Waals surface area contributed by atoms with Gasteiger partial charge in [-0.05, 0) is 44.2 Å². The molecular weight excluding hydrogens is 297 g/mol. The Morgan fingerprint density at radius 2 is 2.14 bits per heavy atom. The molecule has 0 atom stereocenters. The van der Waals surface area contributed by atoms with E-state index in [-0.39, 0.29) is 29.3 Å². The van der Waals surface area contributed by atoms with Gasteiger partial charge in [0.25, 0.3) is 5.91 Å². The van der Waals surface area contributed by atoms with Gasteiger partial charge < -0.3 is 14.5 Å². The van der Waals surface area contributed by atoms with Crippen LogP contribution in [0, 0.1) is 5.82 Å². The molecule has 0 saturated carbocycles. The molecule has 6 heteroatoms. The number of amides is 1. The molecule has 0 aliphatic heterocycles. The predicted molar refractivity (Wildman–Crippen MR) is 77.1 cm³/mol. The summed E-state index contributed by atoms with van der Waals surface area (Å²) in [4.78, 5) is 11.7. The summed E-state index contributed by atoms with van der Waals surface area (Å²) in [5, 5.41) is 2.91. The number of benzene rings is 1. The number of nitrogens with one attached hydrogen (secondary N) is 1. The SMILES string of the molecule is CC(C)NC(=O)c1ccc(COc2ccc(F)cc2Cl)o1. The highest BCUT2D eigenvalue weighted by atomic mass is 35.5. The van der Waals surface area contributed by atoms with Gasteiger partial charge in [0.2, 0.25) is 0 Å². The summed E-state index contributed by atoms with van der Waals surface area (Å²) in [7, 11) is 0. The third kappa shape index (κ3) is 4.23. The number of hydrogen-bond acceptors (Lipinski definition) is 3. The van der Waals surface area contributed by atoms with Crippen molar-refractivity contribution in [1.29, 1.82) is 0 Å². The van der Waals surface area contributed by atoms with Gasteiger partial charge in [0.15, 0.2) is 5.76 Å². The first kappa shape index (κ1) is 15.4. The van der Waals surface area contributed by atoms with E-state index in [0.717, 1.165) is 0 Å². The van der Waals surface area contributed by atoms with Gasteiger partial charge in [0.1, 0.15) is 23.9 Å². The van der Waals surface area contributed by atoms with E-state index in [1.807, 2.05) is 13.8 Å². The second kappa shape index (κ2) is 6.63. The Bertz CT molecular complexity index is 640. The fourth-order valence-corrected chi connectivity index (χ4v) is 1.87. The monoisotopic (exact) mass is 311 g/mol. The highest BCUT2D eigenvalue weighted by Gasteiger charge is 2.12. The van der Waals surface area contributed by atoms with Crippen LogP contribution in [-0.2, 0) is 6.61 Å². The Labute approximate surface area is 126 Å². The van der Waals surface area contributed by atoms with Crippen LogP contribution in [0.15, 0.2) is 34.7 Å². The lowest BCUT2D eigenvalue weighted by molar-refractivity contribution is 0.0911. The fourth-order valence-electron chi connectivity index (χ4n) is 1.65. The van der Waals surface area contributed by atoms with Crippen molar-refractivity contribution in [3.63, 3.8) is 0 Å². The van der Waals surface area contributed by atoms with Crippen LogP contribution >= 0.6 is 11.6 Å². The fraction of sp³-hybridized carbons (Fsp3) is 0.267. The second-order valence-corrected chi connectivity index (χ2v) is 5.16. The molecule has 0 aliphatic rings. The number of carbonyl (C=O) groups is 1. The van der Waals surface area contributed by atoms with E-state index >= 15 is 0 Å². The van der Waals surface area contributed by atoms with Crippen LogP contribution < -0.4 is 10.1 Å². The summed E-state index contributed by atoms with van der Waals surface area (Å²) in [6.07, 6.45) is 0. The molecule has 2 aromatic rings. The van der Waals surface area contributed by atoms with E-state index in [9.17, 15) is 9.18 Å². The third-order valence-electron chi connectivity index (χ3n) is 2.57. The maximum absolute atomic E-state index is 12.9. The van der Waals surface area contributed by atoms with E-state index in [4.69, 9.17) is 20.8 Å². The largest absolute Gasteiger partial charge is 0.484 e. The topological polar surface area (TPSA) is 51.5 Å². The van der Waals surface area contributed by atoms with Crippen molar-refractivity contribution in [2.75, 3.05) is 0 Å². The molecule has 1 N–H and O–H groups in total. The van der Waals surface area contributed by atoms with Crippen molar-refractivity contribution in [3.05, 3.63) is 52.7 Å². The number of carbonyl (C=O) groups excluding carboxylic acids is 1. The molecule has 0 bridgehead atoms. The zero-order chi connectivity index (χ0) is 15.4. The Balaban J connectivity index is 1.98. The summed E-state index contributed by atoms with van der Waals surface area (Å²) in [5.41, 5.74) is 0. The summed E-state index contributed by atoms with van der Waals surface area (Å²) in [6.45, 7) is 3.82. The molecule has 0 saturated heterocycles. The maximum Gasteiger partial charge on any atom is 0.287 e. The molecule has 0 fully saturated rings. The van der Waals surface area contributed by atoms with Crippen LogP contribution in [0.2, 0.25) is 5.02 Å². The normalized spacial score (nSPS) is 10.7. The second-order valence-electron chi connectivity index (χ2n) is 4.76. The molecule has 0 spiro atoms. The smallest absolute Gasteiger partial charge is 0.287 e. The van der Waals surface area contributed by atoms with Crippen molar-refractivity contribution in [3.8, 4) is 5.75 Å². The Morgan fingerprint density at radius 1 is 1.38 bits per heavy atom. The lowest BCUT2D eigenvalue weighted by atomic mass is 10.3. The van der Waals surface area contributed by atoms with Crippen molar-refractivity contribution >= 4 is 17.5 Å². The minimum Gasteiger partial charge on any atom is -0.484 e. The Kier molecular flexibility index (Phi) is 4.85. The molecule has 0 unspecified atom stereocenters. The van der Waals surface area contributed by atoms with E-state index in [1.165, 1.54) is 18.2 Å². The van der Waals surface area contributed by atoms with Gasteiger partial charge in [0, 0.05) is 6.04 Å². The number of hydrogen-bond donors (Lipinski definition) is 1. The highest BCUT2D eigenvalue weighted by Crippen LogP contribution is 2.25. The van der Waals surface area contributed by atoms with E-state index in [0.29, 0.717) is 11.5 Å². The predicted octanol–water partition coefficient (Wildman–Crippen LogP) is 3.79. The number of rotatable bonds is 5. The molecule has 1 aromatic carbocycles. The van der Waals surface area contributed by atoms with Gasteiger partial charge in [-0.1, -0.05) is 11.6 Å². The quantitative estimate of drug-likeness (QED) is 0.914. The third-order valence-corrected chi connectivity index (χ3v) is 2.86. The van der Waals surface area contributed by atoms with Crippen LogP contribution in [0.25, 0.3) is 0 Å². The van der Waals surface area contributed by atoms with Gasteiger partial charge in [0.05, 0.1) is 5.02 Å². The molecule has 0 radical (unpaired) electrons. The summed E-state index contributed by atoms with van der Waals surface area (Å²) in [5.74, 6) is 0.327. The van der Waals surface area contributed by atoms with Crippen molar-refractivity contribution in [2.24, 2.45) is 0 Å². The average Bonchev–Trinajstić information content (AvgIpc) is 2.86. The molecule has 1 heterocycles. The van der Waals surface area contributed by atoms with Crippen LogP contribution in [0.5, 0.6) is 5.75 Å². The average molecular weight is 312 g/mol. The summed E-state index contributed by atoms with van der Waals surface area (Å²) in [6, 6.07) is 7.11. The zero-order valence-electron chi connectivity index (χ0n) is 11.7. The lowest BCUT2D eigenvalue weighted by Crippen LogP contribution is -2.29. The minimum absolute atomic E-state index is 0.0281. The number of furan rings is 1. The van der Waals surface area contributed by atoms with Gasteiger partial charge >= 0.3 is 0 Å². The van der Waals surface area contributed by atoms with Crippen LogP contribution in [-0.4, -0.2) is 11.9 Å². The first-order chi connectivity index (χ1) is 9.95. The highest BCUT2D eigenvalue weighted by molar-refractivity contribution is 6.32. The molecule has 1 aromatic heterocycles. The molecule has 21 heavy (non-hydrogen) atoms. The van der Waals surface area contributed by atoms with E-state index in [1.54, 1.807) is 12.1 Å². The number of ether oxygens (including phenoxy) is 1. The Morgan fingerprint density at radius 3 is 2.81 bits per heavy atom. The van der Waals surface area contributed by atoms with E-state index in [2.05, 4.69) is 5.32 Å². The summed E-state index contributed by atoms with van der Waals surface area (Å²) < 4.78 is 23.7. The van der Waals surface area contributed by atoms with Crippen molar-refractivity contribution in [2.45, 2.75) is 26.5 Å². The van der Waals surface area contributed by atoms with Gasteiger partial charge in [-0.2, -0.15) is 0 Å². The molecule has 0 aliphatic carbocycles. The zero-order valence-corrected chi connectivity index (χ0v) is 12.4. The van der Waals surface area contributed by atoms with Crippen molar-refractivity contribution in [1.82, 2.24) is 5.32 Å². The first-order valence-corrected chi connectivity index (χ1v) is 6.81. The van der Waals surface area contributed by atoms with Gasteiger partial charge in [-0.25, -0.2) is 4.39 Å². The molecule has 4 nitrogen and oxygen atoms in total. The minimum atomic E-state index is -0.432. The molecule has 112 valence electrons. The van der Waals surface area contributed by atoms with Crippen molar-refractivity contribution < 1.29 is 18.3 Å². The lowest BCUT2D eigenvalue weighted by Gasteiger charge is -2.07. The maximum atomic E-state index is 12.9. The van der Waals surface area contributed by atoms with Crippen LogP contribution in [0.4, 0.5) is 4.39 Å². The standard InChI is InChI=1S/C15H15ClFNO3/c1-9(2)18-15(19)14-6-4-11(21-14)8-20-13-5-3-10(17)7-12(13)16/h3-7,9H,8H2,1-2H3,(H,18,19). The van der Waals surface area contributed by atoms with Crippen LogP contribution in [0.3, 0.4) is 0 Å². The Hall–Kier alpha value is -2.01. The molecular formula is C15H15ClFNO3. The van der Waals surface area contributed by atoms with Gasteiger partial charge in [-0.15, -0.1) is 0 Å². The van der Waals surface area contributed by atoms with Crippen LogP contribution in [0.1, 0.15) is 30.2 Å². The van der Waals surface area contributed by atoms with Gasteiger partial charge in [-0.3, -0.25) is 4.79 Å². The van der Waals surface area contributed by atoms with E-state index < -0.39 is 5.82 Å². The molecule has 1 amide bonds. The first-order valence-electron chi connectivity index (χ1n) is 6.43. The number of halogens is 2.